The number of amides is 1. The average Bonchev–Trinajstić information content (AvgIpc) is 1.82. The predicted molar refractivity (Wildman–Crippen MR) is 49.4 cm³/mol. The van der Waals surface area contributed by atoms with Gasteiger partial charge in [-0.3, -0.25) is 4.79 Å². The summed E-state index contributed by atoms with van der Waals surface area (Å²) in [6, 6.07) is 0. The Labute approximate surface area is 74.5 Å². The Kier molecular flexibility index (Phi) is 2.76. The molecule has 2 heteroatoms. The van der Waals surface area contributed by atoms with Crippen molar-refractivity contribution in [1.82, 2.24) is 0 Å². The summed E-state index contributed by atoms with van der Waals surface area (Å²) >= 11 is 0. The summed E-state index contributed by atoms with van der Waals surface area (Å²) < 4.78 is 0. The molecular formula is C10H19NO. The quantitative estimate of drug-likeness (QED) is 0.639. The number of rotatable bonds is 1. The largest absolute Gasteiger partial charge is 0.369 e. The van der Waals surface area contributed by atoms with Crippen molar-refractivity contribution in [3.63, 3.8) is 0 Å². The summed E-state index contributed by atoms with van der Waals surface area (Å²) in [5.74, 6) is 1.70. The van der Waals surface area contributed by atoms with Crippen LogP contribution in [0.1, 0.15) is 33.6 Å². The zero-order valence-electron chi connectivity index (χ0n) is 8.21. The maximum absolute atomic E-state index is 11.1. The van der Waals surface area contributed by atoms with E-state index in [0.717, 1.165) is 18.8 Å². The fourth-order valence-corrected chi connectivity index (χ4v) is 2.78. The molecule has 1 saturated carbocycles. The number of nitrogens with two attached hydrogens (primary N) is 1. The van der Waals surface area contributed by atoms with Crippen LogP contribution in [0.2, 0.25) is 0 Å². The highest BCUT2D eigenvalue weighted by Gasteiger charge is 2.34. The van der Waals surface area contributed by atoms with Crippen LogP contribution in [-0.4, -0.2) is 5.91 Å². The van der Waals surface area contributed by atoms with Crippen molar-refractivity contribution in [3.8, 4) is 0 Å². The average molecular weight is 169 g/mol. The van der Waals surface area contributed by atoms with E-state index in [1.54, 1.807) is 0 Å². The van der Waals surface area contributed by atoms with Crippen LogP contribution in [0.3, 0.4) is 0 Å². The first-order valence-electron chi connectivity index (χ1n) is 4.81. The number of carbonyl (C=O) groups excluding carboxylic acids is 1. The third kappa shape index (κ3) is 1.79. The van der Waals surface area contributed by atoms with E-state index in [2.05, 4.69) is 20.8 Å². The van der Waals surface area contributed by atoms with E-state index < -0.39 is 0 Å². The molecule has 0 bridgehead atoms. The number of hydrogen-bond acceptors (Lipinski definition) is 1. The van der Waals surface area contributed by atoms with Crippen LogP contribution in [0.25, 0.3) is 0 Å². The van der Waals surface area contributed by atoms with E-state index in [9.17, 15) is 4.79 Å². The lowest BCUT2D eigenvalue weighted by Gasteiger charge is -2.35. The molecule has 0 spiro atoms. The summed E-state index contributed by atoms with van der Waals surface area (Å²) in [6.45, 7) is 6.54. The lowest BCUT2D eigenvalue weighted by atomic mass is 9.69. The molecular weight excluding hydrogens is 150 g/mol. The first-order chi connectivity index (χ1) is 5.52. The minimum absolute atomic E-state index is 0.109. The van der Waals surface area contributed by atoms with E-state index in [1.165, 1.54) is 0 Å². The Morgan fingerprint density at radius 3 is 1.92 bits per heavy atom. The molecule has 0 radical (unpaired) electrons. The fourth-order valence-electron chi connectivity index (χ4n) is 2.78. The van der Waals surface area contributed by atoms with E-state index >= 15 is 0 Å². The van der Waals surface area contributed by atoms with Gasteiger partial charge >= 0.3 is 0 Å². The van der Waals surface area contributed by atoms with Gasteiger partial charge < -0.3 is 5.73 Å². The van der Waals surface area contributed by atoms with Gasteiger partial charge in [0.25, 0.3) is 0 Å². The molecule has 70 valence electrons. The summed E-state index contributed by atoms with van der Waals surface area (Å²) in [5, 5.41) is 0. The maximum Gasteiger partial charge on any atom is 0.221 e. The van der Waals surface area contributed by atoms with Crippen LogP contribution in [0.4, 0.5) is 0 Å². The van der Waals surface area contributed by atoms with Crippen LogP contribution in [-0.2, 0) is 4.79 Å². The van der Waals surface area contributed by atoms with Gasteiger partial charge in [0.05, 0.1) is 0 Å². The SMILES string of the molecule is CC1CC(C)C(C(N)=O)C(C)C1. The lowest BCUT2D eigenvalue weighted by molar-refractivity contribution is -0.126. The number of carbonyl (C=O) groups is 1. The lowest BCUT2D eigenvalue weighted by Crippen LogP contribution is -2.38. The Morgan fingerprint density at radius 1 is 1.17 bits per heavy atom. The van der Waals surface area contributed by atoms with E-state index in [0.29, 0.717) is 11.8 Å². The Bertz CT molecular complexity index is 167. The summed E-state index contributed by atoms with van der Waals surface area (Å²) in [4.78, 5) is 11.1. The fraction of sp³-hybridized carbons (Fsp3) is 0.900. The van der Waals surface area contributed by atoms with Gasteiger partial charge in [-0.2, -0.15) is 0 Å². The van der Waals surface area contributed by atoms with Crippen LogP contribution in [0.15, 0.2) is 0 Å². The summed E-state index contributed by atoms with van der Waals surface area (Å²) in [6.07, 6.45) is 2.30. The minimum Gasteiger partial charge on any atom is -0.369 e. The summed E-state index contributed by atoms with van der Waals surface area (Å²) in [7, 11) is 0. The van der Waals surface area contributed by atoms with E-state index in [-0.39, 0.29) is 11.8 Å². The van der Waals surface area contributed by atoms with Crippen molar-refractivity contribution < 1.29 is 4.79 Å². The molecule has 1 fully saturated rings. The smallest absolute Gasteiger partial charge is 0.221 e. The molecule has 2 N–H and O–H groups in total. The van der Waals surface area contributed by atoms with Crippen molar-refractivity contribution in [3.05, 3.63) is 0 Å². The molecule has 1 aliphatic rings. The Hall–Kier alpha value is -0.530. The van der Waals surface area contributed by atoms with Crippen molar-refractivity contribution in [1.29, 1.82) is 0 Å². The zero-order chi connectivity index (χ0) is 9.30. The van der Waals surface area contributed by atoms with E-state index in [1.807, 2.05) is 0 Å². The van der Waals surface area contributed by atoms with Crippen LogP contribution < -0.4 is 5.73 Å². The van der Waals surface area contributed by atoms with Crippen LogP contribution in [0.5, 0.6) is 0 Å². The van der Waals surface area contributed by atoms with Gasteiger partial charge in [0, 0.05) is 5.92 Å². The second-order valence-corrected chi connectivity index (χ2v) is 4.46. The normalized spacial score (nSPS) is 42.6. The Morgan fingerprint density at radius 2 is 1.58 bits per heavy atom. The summed E-state index contributed by atoms with van der Waals surface area (Å²) in [5.41, 5.74) is 5.35. The molecule has 2 atom stereocenters. The molecule has 0 aromatic carbocycles. The standard InChI is InChI=1S/C10H19NO/c1-6-4-7(2)9(10(11)12)8(3)5-6/h6-9H,4-5H2,1-3H3,(H2,11,12). The first kappa shape index (κ1) is 9.56. The highest BCUT2D eigenvalue weighted by molar-refractivity contribution is 5.77. The van der Waals surface area contributed by atoms with E-state index in [4.69, 9.17) is 5.73 Å². The molecule has 0 aromatic heterocycles. The van der Waals surface area contributed by atoms with Gasteiger partial charge in [0.2, 0.25) is 5.91 Å². The van der Waals surface area contributed by atoms with Gasteiger partial charge in [-0.1, -0.05) is 20.8 Å². The third-order valence-corrected chi connectivity index (χ3v) is 3.10. The molecule has 12 heavy (non-hydrogen) atoms. The topological polar surface area (TPSA) is 43.1 Å². The second-order valence-electron chi connectivity index (χ2n) is 4.46. The molecule has 0 aromatic rings. The monoisotopic (exact) mass is 169 g/mol. The zero-order valence-corrected chi connectivity index (χ0v) is 8.21. The van der Waals surface area contributed by atoms with Crippen LogP contribution in [0, 0.1) is 23.7 Å². The molecule has 0 heterocycles. The van der Waals surface area contributed by atoms with Crippen molar-refractivity contribution in [2.45, 2.75) is 33.6 Å². The Balaban J connectivity index is 2.66. The first-order valence-corrected chi connectivity index (χ1v) is 4.81. The second kappa shape index (κ2) is 3.46. The van der Waals surface area contributed by atoms with Gasteiger partial charge in [0.1, 0.15) is 0 Å². The number of hydrogen-bond donors (Lipinski definition) is 1. The molecule has 1 rings (SSSR count). The van der Waals surface area contributed by atoms with Crippen LogP contribution >= 0.6 is 0 Å². The molecule has 2 unspecified atom stereocenters. The van der Waals surface area contributed by atoms with Gasteiger partial charge in [0.15, 0.2) is 0 Å². The number of primary amides is 1. The van der Waals surface area contributed by atoms with Gasteiger partial charge in [-0.25, -0.2) is 0 Å². The molecule has 1 amide bonds. The minimum atomic E-state index is -0.109. The van der Waals surface area contributed by atoms with Crippen molar-refractivity contribution in [2.75, 3.05) is 0 Å². The van der Waals surface area contributed by atoms with Gasteiger partial charge in [-0.05, 0) is 30.6 Å². The highest BCUT2D eigenvalue weighted by Crippen LogP contribution is 2.37. The molecule has 2 nitrogen and oxygen atoms in total. The maximum atomic E-state index is 11.1. The molecule has 0 aliphatic heterocycles. The third-order valence-electron chi connectivity index (χ3n) is 3.10. The highest BCUT2D eigenvalue weighted by atomic mass is 16.1. The van der Waals surface area contributed by atoms with Gasteiger partial charge in [-0.15, -0.1) is 0 Å². The van der Waals surface area contributed by atoms with Crippen molar-refractivity contribution >= 4 is 5.91 Å². The predicted octanol–water partition coefficient (Wildman–Crippen LogP) is 1.79. The molecule has 1 aliphatic carbocycles. The van der Waals surface area contributed by atoms with Crippen molar-refractivity contribution in [2.24, 2.45) is 29.4 Å². The molecule has 0 saturated heterocycles.